The van der Waals surface area contributed by atoms with E-state index in [2.05, 4.69) is 27.8 Å². The minimum atomic E-state index is -0.0155. The van der Waals surface area contributed by atoms with Gasteiger partial charge >= 0.3 is 0 Å². The van der Waals surface area contributed by atoms with E-state index in [1.54, 1.807) is 12.4 Å². The molecule has 0 fully saturated rings. The number of hydrogen-bond acceptors (Lipinski definition) is 5. The number of rotatable bonds is 6. The summed E-state index contributed by atoms with van der Waals surface area (Å²) in [5.41, 5.74) is 0.967. The van der Waals surface area contributed by atoms with E-state index in [4.69, 9.17) is 5.26 Å². The Morgan fingerprint density at radius 2 is 2.20 bits per heavy atom. The van der Waals surface area contributed by atoms with E-state index in [9.17, 15) is 0 Å². The molecule has 0 spiro atoms. The molecule has 0 saturated heterocycles. The molecule has 2 aromatic heterocycles. The van der Waals surface area contributed by atoms with Crippen LogP contribution in [0, 0.1) is 17.2 Å². The fourth-order valence-corrected chi connectivity index (χ4v) is 2.53. The third-order valence-electron chi connectivity index (χ3n) is 2.65. The highest BCUT2D eigenvalue weighted by Crippen LogP contribution is 2.24. The van der Waals surface area contributed by atoms with E-state index < -0.39 is 0 Å². The first-order valence-corrected chi connectivity index (χ1v) is 7.21. The highest BCUT2D eigenvalue weighted by Gasteiger charge is 2.14. The maximum atomic E-state index is 8.84. The fourth-order valence-electron chi connectivity index (χ4n) is 1.64. The normalized spacial score (nSPS) is 11.8. The number of pyridine rings is 1. The molecule has 0 saturated carbocycles. The largest absolute Gasteiger partial charge is 0.298 e. The molecule has 2 rings (SSSR count). The van der Waals surface area contributed by atoms with Gasteiger partial charge in [-0.25, -0.2) is 0 Å². The van der Waals surface area contributed by atoms with E-state index in [0.29, 0.717) is 12.3 Å². The molecule has 5 nitrogen and oxygen atoms in total. The molecule has 6 heteroatoms. The lowest BCUT2D eigenvalue weighted by molar-refractivity contribution is 0.728. The van der Waals surface area contributed by atoms with Crippen LogP contribution >= 0.6 is 11.8 Å². The van der Waals surface area contributed by atoms with Crippen LogP contribution in [0.3, 0.4) is 0 Å². The van der Waals surface area contributed by atoms with Crippen molar-refractivity contribution in [3.05, 3.63) is 37.2 Å². The van der Waals surface area contributed by atoms with Crippen molar-refractivity contribution in [3.8, 4) is 17.5 Å². The van der Waals surface area contributed by atoms with Crippen LogP contribution in [-0.4, -0.2) is 25.5 Å². The van der Waals surface area contributed by atoms with Gasteiger partial charge in [-0.15, -0.1) is 16.8 Å². The van der Waals surface area contributed by atoms with Gasteiger partial charge in [0.2, 0.25) is 0 Å². The molecule has 0 aliphatic rings. The third-order valence-corrected chi connectivity index (χ3v) is 3.88. The molecule has 20 heavy (non-hydrogen) atoms. The van der Waals surface area contributed by atoms with Crippen LogP contribution in [0.2, 0.25) is 0 Å². The molecular weight excluding hydrogens is 270 g/mol. The van der Waals surface area contributed by atoms with Crippen LogP contribution in [0.5, 0.6) is 0 Å². The average Bonchev–Trinajstić information content (AvgIpc) is 2.89. The zero-order valence-corrected chi connectivity index (χ0v) is 12.0. The van der Waals surface area contributed by atoms with Gasteiger partial charge in [-0.05, 0) is 19.1 Å². The third kappa shape index (κ3) is 3.25. The second-order valence-corrected chi connectivity index (χ2v) is 5.27. The molecule has 2 heterocycles. The van der Waals surface area contributed by atoms with Crippen LogP contribution in [0.15, 0.2) is 42.3 Å². The topological polar surface area (TPSA) is 67.4 Å². The first kappa shape index (κ1) is 14.3. The zero-order valence-electron chi connectivity index (χ0n) is 11.2. The first-order chi connectivity index (χ1) is 9.76. The second kappa shape index (κ2) is 6.87. The molecule has 1 atom stereocenters. The molecule has 2 aromatic rings. The average molecular weight is 285 g/mol. The number of thioether (sulfide) groups is 1. The van der Waals surface area contributed by atoms with E-state index in [0.717, 1.165) is 16.5 Å². The lowest BCUT2D eigenvalue weighted by Gasteiger charge is -2.07. The van der Waals surface area contributed by atoms with Gasteiger partial charge in [0.1, 0.15) is 0 Å². The van der Waals surface area contributed by atoms with Gasteiger partial charge in [-0.1, -0.05) is 17.8 Å². The van der Waals surface area contributed by atoms with Gasteiger partial charge in [-0.2, -0.15) is 5.26 Å². The van der Waals surface area contributed by atoms with Crippen LogP contribution in [0.4, 0.5) is 0 Å². The number of allylic oxidation sites excluding steroid dienone is 1. The summed E-state index contributed by atoms with van der Waals surface area (Å²) in [6.45, 7) is 6.30. The number of nitrogens with zero attached hydrogens (tertiary/aromatic N) is 5. The Bertz CT molecular complexity index is 614. The van der Waals surface area contributed by atoms with E-state index >= 15 is 0 Å². The maximum absolute atomic E-state index is 8.84. The van der Waals surface area contributed by atoms with Crippen molar-refractivity contribution in [3.63, 3.8) is 0 Å². The van der Waals surface area contributed by atoms with Gasteiger partial charge in [0.25, 0.3) is 0 Å². The Balaban J connectivity index is 2.28. The SMILES string of the molecule is C=CCn1c(SC[C@H](C)C#N)nnc1-c1ccncc1. The van der Waals surface area contributed by atoms with E-state index in [1.165, 1.54) is 11.8 Å². The minimum absolute atomic E-state index is 0.0155. The summed E-state index contributed by atoms with van der Waals surface area (Å²) in [6, 6.07) is 6.02. The molecular formula is C14H15N5S. The zero-order chi connectivity index (χ0) is 14.4. The molecule has 0 aromatic carbocycles. The molecule has 0 unspecified atom stereocenters. The van der Waals surface area contributed by atoms with E-state index in [1.807, 2.05) is 29.7 Å². The monoisotopic (exact) mass is 285 g/mol. The number of nitriles is 1. The summed E-state index contributed by atoms with van der Waals surface area (Å²) in [7, 11) is 0. The molecule has 0 aliphatic carbocycles. The maximum Gasteiger partial charge on any atom is 0.191 e. The van der Waals surface area contributed by atoms with Crippen LogP contribution < -0.4 is 0 Å². The summed E-state index contributed by atoms with van der Waals surface area (Å²) >= 11 is 1.54. The Hall–Kier alpha value is -2.13. The molecule has 0 aliphatic heterocycles. The van der Waals surface area contributed by atoms with Crippen molar-refractivity contribution >= 4 is 11.8 Å². The lowest BCUT2D eigenvalue weighted by Crippen LogP contribution is -2.02. The smallest absolute Gasteiger partial charge is 0.191 e. The lowest BCUT2D eigenvalue weighted by atomic mass is 10.2. The second-order valence-electron chi connectivity index (χ2n) is 4.28. The molecule has 102 valence electrons. The number of hydrogen-bond donors (Lipinski definition) is 0. The van der Waals surface area contributed by atoms with Crippen molar-refractivity contribution in [2.45, 2.75) is 18.6 Å². The highest BCUT2D eigenvalue weighted by molar-refractivity contribution is 7.99. The Labute approximate surface area is 122 Å². The first-order valence-electron chi connectivity index (χ1n) is 6.23. The standard InChI is InChI=1S/C14H15N5S/c1-3-8-19-13(12-4-6-16-7-5-12)17-18-14(19)20-10-11(2)9-15/h3-7,11H,1,8,10H2,2H3/t11-/m1/s1. The number of aromatic nitrogens is 4. The summed E-state index contributed by atoms with van der Waals surface area (Å²) in [6.07, 6.45) is 5.27. The summed E-state index contributed by atoms with van der Waals surface area (Å²) < 4.78 is 2.00. The quantitative estimate of drug-likeness (QED) is 0.603. The Morgan fingerprint density at radius 1 is 1.45 bits per heavy atom. The van der Waals surface area contributed by atoms with E-state index in [-0.39, 0.29) is 5.92 Å². The summed E-state index contributed by atoms with van der Waals surface area (Å²) in [5.74, 6) is 1.47. The van der Waals surface area contributed by atoms with Crippen LogP contribution in [0.1, 0.15) is 6.92 Å². The summed E-state index contributed by atoms with van der Waals surface area (Å²) in [4.78, 5) is 4.01. The van der Waals surface area contributed by atoms with Crippen molar-refractivity contribution in [1.82, 2.24) is 19.7 Å². The van der Waals surface area contributed by atoms with Gasteiger partial charge in [0, 0.05) is 30.3 Å². The molecule has 0 radical (unpaired) electrons. The minimum Gasteiger partial charge on any atom is -0.298 e. The van der Waals surface area contributed by atoms with Crippen LogP contribution in [-0.2, 0) is 6.54 Å². The van der Waals surface area contributed by atoms with Crippen molar-refractivity contribution in [1.29, 1.82) is 5.26 Å². The van der Waals surface area contributed by atoms with Crippen LogP contribution in [0.25, 0.3) is 11.4 Å². The highest BCUT2D eigenvalue weighted by atomic mass is 32.2. The van der Waals surface area contributed by atoms with Gasteiger partial charge in [-0.3, -0.25) is 9.55 Å². The van der Waals surface area contributed by atoms with Crippen molar-refractivity contribution < 1.29 is 0 Å². The van der Waals surface area contributed by atoms with Gasteiger partial charge < -0.3 is 0 Å². The van der Waals surface area contributed by atoms with Crippen molar-refractivity contribution in [2.24, 2.45) is 5.92 Å². The molecule has 0 N–H and O–H groups in total. The predicted octanol–water partition coefficient (Wildman–Crippen LogP) is 2.78. The fraction of sp³-hybridized carbons (Fsp3) is 0.286. The molecule has 0 bridgehead atoms. The summed E-state index contributed by atoms with van der Waals surface area (Å²) in [5, 5.41) is 18.1. The molecule has 0 amide bonds. The van der Waals surface area contributed by atoms with Crippen molar-refractivity contribution in [2.75, 3.05) is 5.75 Å². The van der Waals surface area contributed by atoms with Gasteiger partial charge in [0.05, 0.1) is 12.0 Å². The van der Waals surface area contributed by atoms with Gasteiger partial charge in [0.15, 0.2) is 11.0 Å². The Morgan fingerprint density at radius 3 is 2.85 bits per heavy atom. The predicted molar refractivity (Wildman–Crippen MR) is 79.0 cm³/mol. The Kier molecular flexibility index (Phi) is 4.91.